The summed E-state index contributed by atoms with van der Waals surface area (Å²) >= 11 is 0. The van der Waals surface area contributed by atoms with Gasteiger partial charge in [0.2, 0.25) is 5.91 Å². The van der Waals surface area contributed by atoms with Gasteiger partial charge in [-0.2, -0.15) is 0 Å². The van der Waals surface area contributed by atoms with Crippen molar-refractivity contribution < 1.29 is 14.7 Å². The second-order valence-corrected chi connectivity index (χ2v) is 5.20. The molecular weight excluding hydrogens is 256 g/mol. The van der Waals surface area contributed by atoms with Crippen molar-refractivity contribution in [2.45, 2.75) is 20.3 Å². The lowest BCUT2D eigenvalue weighted by Gasteiger charge is -2.25. The standard InChI is InChI=1S/C15H22N2O3/c1-11(2)15(20)17(10-9-14(18)19)13-7-5-12(6-8-13)16(3)4/h5-8,11H,9-10H2,1-4H3,(H,18,19). The van der Waals surface area contributed by atoms with Crippen molar-refractivity contribution in [2.75, 3.05) is 30.4 Å². The van der Waals surface area contributed by atoms with Gasteiger partial charge in [-0.15, -0.1) is 0 Å². The van der Waals surface area contributed by atoms with E-state index in [0.29, 0.717) is 0 Å². The first-order chi connectivity index (χ1) is 9.32. The molecule has 0 saturated heterocycles. The maximum atomic E-state index is 12.2. The number of nitrogens with zero attached hydrogens (tertiary/aromatic N) is 2. The molecule has 0 radical (unpaired) electrons. The van der Waals surface area contributed by atoms with Gasteiger partial charge in [-0.05, 0) is 24.3 Å². The van der Waals surface area contributed by atoms with E-state index in [0.717, 1.165) is 11.4 Å². The van der Waals surface area contributed by atoms with Crippen LogP contribution in [0.4, 0.5) is 11.4 Å². The monoisotopic (exact) mass is 278 g/mol. The van der Waals surface area contributed by atoms with Gasteiger partial charge in [-0.25, -0.2) is 0 Å². The van der Waals surface area contributed by atoms with Gasteiger partial charge in [0.15, 0.2) is 0 Å². The summed E-state index contributed by atoms with van der Waals surface area (Å²) in [5, 5.41) is 8.80. The van der Waals surface area contributed by atoms with Crippen molar-refractivity contribution >= 4 is 23.3 Å². The maximum Gasteiger partial charge on any atom is 0.305 e. The summed E-state index contributed by atoms with van der Waals surface area (Å²) in [6.45, 7) is 3.81. The molecule has 0 aliphatic rings. The zero-order valence-electron chi connectivity index (χ0n) is 12.5. The molecule has 0 fully saturated rings. The molecule has 0 atom stereocenters. The minimum absolute atomic E-state index is 0.0616. The van der Waals surface area contributed by atoms with E-state index in [2.05, 4.69) is 0 Å². The number of amides is 1. The van der Waals surface area contributed by atoms with E-state index >= 15 is 0 Å². The Morgan fingerprint density at radius 3 is 2.00 bits per heavy atom. The Hall–Kier alpha value is -2.04. The quantitative estimate of drug-likeness (QED) is 0.866. The third-order valence-corrected chi connectivity index (χ3v) is 2.99. The molecule has 0 aliphatic heterocycles. The van der Waals surface area contributed by atoms with Crippen LogP contribution < -0.4 is 9.80 Å². The third-order valence-electron chi connectivity index (χ3n) is 2.99. The van der Waals surface area contributed by atoms with E-state index < -0.39 is 5.97 Å². The molecule has 0 unspecified atom stereocenters. The summed E-state index contributed by atoms with van der Waals surface area (Å²) in [6, 6.07) is 7.52. The first kappa shape index (κ1) is 16.0. The third kappa shape index (κ3) is 4.26. The molecule has 0 heterocycles. The molecular formula is C15H22N2O3. The van der Waals surface area contributed by atoms with Crippen LogP contribution in [-0.2, 0) is 9.59 Å². The number of hydrogen-bond acceptors (Lipinski definition) is 3. The second-order valence-electron chi connectivity index (χ2n) is 5.20. The molecule has 1 amide bonds. The lowest BCUT2D eigenvalue weighted by Crippen LogP contribution is -2.36. The van der Waals surface area contributed by atoms with E-state index in [1.54, 1.807) is 0 Å². The topological polar surface area (TPSA) is 60.9 Å². The van der Waals surface area contributed by atoms with Crippen LogP contribution in [0, 0.1) is 5.92 Å². The highest BCUT2D eigenvalue weighted by atomic mass is 16.4. The van der Waals surface area contributed by atoms with Crippen LogP contribution in [0.2, 0.25) is 0 Å². The number of carbonyl (C=O) groups is 2. The molecule has 0 aromatic heterocycles. The molecule has 0 aliphatic carbocycles. The van der Waals surface area contributed by atoms with Crippen LogP contribution in [-0.4, -0.2) is 37.6 Å². The van der Waals surface area contributed by atoms with Gasteiger partial charge in [0.25, 0.3) is 0 Å². The lowest BCUT2D eigenvalue weighted by atomic mass is 10.1. The van der Waals surface area contributed by atoms with Gasteiger partial charge in [0.05, 0.1) is 6.42 Å². The Kier molecular flexibility index (Phi) is 5.55. The Balaban J connectivity index is 2.97. The van der Waals surface area contributed by atoms with Gasteiger partial charge >= 0.3 is 5.97 Å². The summed E-state index contributed by atoms with van der Waals surface area (Å²) in [6.07, 6.45) is -0.0616. The average Bonchev–Trinajstić information content (AvgIpc) is 2.38. The number of anilines is 2. The van der Waals surface area contributed by atoms with Crippen molar-refractivity contribution in [3.05, 3.63) is 24.3 Å². The molecule has 5 nitrogen and oxygen atoms in total. The SMILES string of the molecule is CC(C)C(=O)N(CCC(=O)O)c1ccc(N(C)C)cc1. The van der Waals surface area contributed by atoms with Crippen LogP contribution in [0.5, 0.6) is 0 Å². The van der Waals surface area contributed by atoms with Gasteiger partial charge in [0.1, 0.15) is 0 Å². The predicted octanol–water partition coefficient (Wildman–Crippen LogP) is 2.22. The summed E-state index contributed by atoms with van der Waals surface area (Å²) < 4.78 is 0. The fourth-order valence-corrected chi connectivity index (χ4v) is 1.82. The van der Waals surface area contributed by atoms with Crippen molar-refractivity contribution in [1.29, 1.82) is 0 Å². The van der Waals surface area contributed by atoms with E-state index in [-0.39, 0.29) is 24.8 Å². The van der Waals surface area contributed by atoms with Gasteiger partial charge in [-0.3, -0.25) is 9.59 Å². The first-order valence-electron chi connectivity index (χ1n) is 6.63. The summed E-state index contributed by atoms with van der Waals surface area (Å²) in [5.74, 6) is -1.14. The van der Waals surface area contributed by atoms with Crippen molar-refractivity contribution in [3.63, 3.8) is 0 Å². The normalized spacial score (nSPS) is 10.4. The molecule has 20 heavy (non-hydrogen) atoms. The van der Waals surface area contributed by atoms with Gasteiger partial charge in [0, 0.05) is 37.9 Å². The fraction of sp³-hybridized carbons (Fsp3) is 0.467. The molecule has 110 valence electrons. The maximum absolute atomic E-state index is 12.2. The molecule has 0 spiro atoms. The zero-order chi connectivity index (χ0) is 15.3. The summed E-state index contributed by atoms with van der Waals surface area (Å²) in [5.41, 5.74) is 1.76. The van der Waals surface area contributed by atoms with Gasteiger partial charge < -0.3 is 14.9 Å². The summed E-state index contributed by atoms with van der Waals surface area (Å²) in [7, 11) is 3.88. The van der Waals surface area contributed by atoms with Crippen molar-refractivity contribution in [2.24, 2.45) is 5.92 Å². The van der Waals surface area contributed by atoms with Crippen LogP contribution in [0.3, 0.4) is 0 Å². The van der Waals surface area contributed by atoms with E-state index in [1.807, 2.05) is 57.1 Å². The largest absolute Gasteiger partial charge is 0.481 e. The van der Waals surface area contributed by atoms with Crippen molar-refractivity contribution in [3.8, 4) is 0 Å². The van der Waals surface area contributed by atoms with E-state index in [9.17, 15) is 9.59 Å². The van der Waals surface area contributed by atoms with Gasteiger partial charge in [-0.1, -0.05) is 13.8 Å². The Labute approximate surface area is 119 Å². The number of carboxylic acids is 1. The Bertz CT molecular complexity index is 467. The van der Waals surface area contributed by atoms with Crippen LogP contribution >= 0.6 is 0 Å². The molecule has 0 bridgehead atoms. The van der Waals surface area contributed by atoms with E-state index in [4.69, 9.17) is 5.11 Å². The minimum atomic E-state index is -0.906. The average molecular weight is 278 g/mol. The Morgan fingerprint density at radius 1 is 1.10 bits per heavy atom. The number of benzene rings is 1. The van der Waals surface area contributed by atoms with E-state index in [1.165, 1.54) is 4.90 Å². The molecule has 1 aromatic rings. The number of carboxylic acid groups (broad SMARTS) is 1. The van der Waals surface area contributed by atoms with Crippen molar-refractivity contribution in [1.82, 2.24) is 0 Å². The Morgan fingerprint density at radius 2 is 1.60 bits per heavy atom. The first-order valence-corrected chi connectivity index (χ1v) is 6.63. The second kappa shape index (κ2) is 6.93. The highest BCUT2D eigenvalue weighted by molar-refractivity contribution is 5.95. The number of carbonyl (C=O) groups excluding carboxylic acids is 1. The minimum Gasteiger partial charge on any atom is -0.481 e. The highest BCUT2D eigenvalue weighted by Gasteiger charge is 2.19. The fourth-order valence-electron chi connectivity index (χ4n) is 1.82. The lowest BCUT2D eigenvalue weighted by molar-refractivity contribution is -0.136. The molecule has 1 rings (SSSR count). The molecule has 1 N–H and O–H groups in total. The summed E-state index contributed by atoms with van der Waals surface area (Å²) in [4.78, 5) is 26.4. The van der Waals surface area contributed by atoms with Crippen LogP contribution in [0.25, 0.3) is 0 Å². The zero-order valence-corrected chi connectivity index (χ0v) is 12.5. The predicted molar refractivity (Wildman–Crippen MR) is 80.2 cm³/mol. The number of hydrogen-bond donors (Lipinski definition) is 1. The number of rotatable bonds is 6. The molecule has 5 heteroatoms. The van der Waals surface area contributed by atoms with Crippen LogP contribution in [0.1, 0.15) is 20.3 Å². The smallest absolute Gasteiger partial charge is 0.305 e. The molecule has 1 aromatic carbocycles. The highest BCUT2D eigenvalue weighted by Crippen LogP contribution is 2.21. The number of aliphatic carboxylic acids is 1. The molecule has 0 saturated carbocycles. The van der Waals surface area contributed by atoms with Crippen LogP contribution in [0.15, 0.2) is 24.3 Å².